The van der Waals surface area contributed by atoms with E-state index in [1.54, 1.807) is 11.1 Å². The highest BCUT2D eigenvalue weighted by Crippen LogP contribution is 2.73. The first kappa shape index (κ1) is 19.5. The molecule has 0 aliphatic heterocycles. The van der Waals surface area contributed by atoms with E-state index in [1.165, 1.54) is 76.2 Å². The van der Waals surface area contributed by atoms with E-state index in [0.717, 1.165) is 17.8 Å². The van der Waals surface area contributed by atoms with Gasteiger partial charge in [-0.1, -0.05) is 63.6 Å². The zero-order valence-corrected chi connectivity index (χ0v) is 18.5. The molecule has 0 amide bonds. The van der Waals surface area contributed by atoms with E-state index in [1.807, 2.05) is 13.8 Å². The Kier molecular flexibility index (Phi) is 4.80. The first-order valence-corrected chi connectivity index (χ1v) is 11.9. The summed E-state index contributed by atoms with van der Waals surface area (Å²) < 4.78 is 0. The lowest BCUT2D eigenvalue weighted by atomic mass is 9.45. The van der Waals surface area contributed by atoms with Crippen molar-refractivity contribution in [2.45, 2.75) is 98.3 Å². The van der Waals surface area contributed by atoms with Gasteiger partial charge in [0.15, 0.2) is 0 Å². The highest BCUT2D eigenvalue weighted by Gasteiger charge is 2.64. The fourth-order valence-electron chi connectivity index (χ4n) is 8.65. The zero-order chi connectivity index (χ0) is 19.4. The van der Waals surface area contributed by atoms with E-state index in [2.05, 4.69) is 33.1 Å². The Hall–Kier alpha value is -0.780. The number of rotatable bonds is 0. The predicted octanol–water partition coefficient (Wildman–Crippen LogP) is 8.26. The largest absolute Gasteiger partial charge is 0.0998 e. The van der Waals surface area contributed by atoms with Crippen molar-refractivity contribution in [2.24, 2.45) is 34.0 Å². The Bertz CT molecular complexity index is 666. The molecule has 0 nitrogen and oxygen atoms in total. The van der Waals surface area contributed by atoms with Gasteiger partial charge in [-0.2, -0.15) is 0 Å². The number of hydrogen-bond donors (Lipinski definition) is 0. The molecule has 0 N–H and O–H groups in total. The molecular formula is C27H42. The minimum absolute atomic E-state index is 0.487. The Morgan fingerprint density at radius 3 is 2.30 bits per heavy atom. The van der Waals surface area contributed by atoms with E-state index in [4.69, 9.17) is 0 Å². The second-order valence-electron chi connectivity index (χ2n) is 10.9. The lowest BCUT2D eigenvalue weighted by Gasteiger charge is -2.60. The maximum absolute atomic E-state index is 4.38. The molecule has 4 fully saturated rings. The number of allylic oxidation sites excluding steroid dienone is 4. The molecule has 5 aliphatic rings. The first-order valence-electron chi connectivity index (χ1n) is 11.9. The van der Waals surface area contributed by atoms with E-state index >= 15 is 0 Å². The highest BCUT2D eigenvalue weighted by molar-refractivity contribution is 5.33. The smallest absolute Gasteiger partial charge is 0.00790 e. The van der Waals surface area contributed by atoms with Crippen molar-refractivity contribution in [2.75, 3.05) is 0 Å². The van der Waals surface area contributed by atoms with Crippen LogP contribution in [0.25, 0.3) is 0 Å². The maximum atomic E-state index is 4.38. The van der Waals surface area contributed by atoms with Crippen LogP contribution in [0.4, 0.5) is 0 Å². The van der Waals surface area contributed by atoms with Crippen LogP contribution < -0.4 is 0 Å². The predicted molar refractivity (Wildman–Crippen MR) is 118 cm³/mol. The SMILES string of the molecule is C=C1C=C2CCC3C(CCC4(C)C3CC[C@@]43CCC(=C)C3)C2(C)CC1.CC. The van der Waals surface area contributed by atoms with Gasteiger partial charge in [-0.15, -0.1) is 0 Å². The zero-order valence-electron chi connectivity index (χ0n) is 18.5. The molecule has 0 bridgehead atoms. The van der Waals surface area contributed by atoms with Crippen LogP contribution in [0.2, 0.25) is 0 Å². The van der Waals surface area contributed by atoms with Gasteiger partial charge >= 0.3 is 0 Å². The number of hydrogen-bond acceptors (Lipinski definition) is 0. The van der Waals surface area contributed by atoms with Crippen molar-refractivity contribution in [3.63, 3.8) is 0 Å². The van der Waals surface area contributed by atoms with Crippen LogP contribution in [0.3, 0.4) is 0 Å². The summed E-state index contributed by atoms with van der Waals surface area (Å²) >= 11 is 0. The molecule has 27 heavy (non-hydrogen) atoms. The molecule has 5 rings (SSSR count). The molecule has 6 atom stereocenters. The summed E-state index contributed by atoms with van der Waals surface area (Å²) in [5.41, 5.74) is 6.41. The van der Waals surface area contributed by atoms with E-state index in [0.29, 0.717) is 16.2 Å². The van der Waals surface area contributed by atoms with Crippen LogP contribution in [0, 0.1) is 34.0 Å². The molecular weight excluding hydrogens is 324 g/mol. The van der Waals surface area contributed by atoms with Crippen LogP contribution in [0.1, 0.15) is 98.3 Å². The third-order valence-electron chi connectivity index (χ3n) is 10.2. The molecule has 1 spiro atoms. The molecule has 0 heterocycles. The van der Waals surface area contributed by atoms with Crippen LogP contribution >= 0.6 is 0 Å². The maximum Gasteiger partial charge on any atom is -0.00790 e. The van der Waals surface area contributed by atoms with Crippen molar-refractivity contribution in [3.05, 3.63) is 36.0 Å². The molecule has 5 aliphatic carbocycles. The topological polar surface area (TPSA) is 0 Å². The van der Waals surface area contributed by atoms with E-state index in [-0.39, 0.29) is 0 Å². The van der Waals surface area contributed by atoms with E-state index < -0.39 is 0 Å². The third-order valence-corrected chi connectivity index (χ3v) is 10.2. The number of fused-ring (bicyclic) bond motifs is 6. The molecule has 0 aromatic carbocycles. The second-order valence-corrected chi connectivity index (χ2v) is 10.9. The molecule has 4 saturated carbocycles. The second kappa shape index (κ2) is 6.64. The molecule has 0 heteroatoms. The third kappa shape index (κ3) is 2.61. The van der Waals surface area contributed by atoms with Crippen LogP contribution in [-0.4, -0.2) is 0 Å². The Balaban J connectivity index is 0.000000872. The summed E-state index contributed by atoms with van der Waals surface area (Å²) in [7, 11) is 0. The van der Waals surface area contributed by atoms with Crippen molar-refractivity contribution < 1.29 is 0 Å². The minimum Gasteiger partial charge on any atom is -0.0998 e. The Labute approximate surface area is 168 Å². The van der Waals surface area contributed by atoms with E-state index in [9.17, 15) is 0 Å². The molecule has 150 valence electrons. The molecule has 0 aromatic heterocycles. The standard InChI is InChI=1S/C25H36.C2H6/c1-17-7-11-23(3)19(15-17)5-6-20-21(23)9-12-24(4)22(20)10-14-25(24)13-8-18(2)16-25;1-2/h15,20-22H,1-2,5-14,16H2,3-4H3;1-2H3/t20?,21?,22?,23?,24?,25-;/m1./s1. The van der Waals surface area contributed by atoms with Gasteiger partial charge in [0.1, 0.15) is 0 Å². The minimum atomic E-state index is 0.487. The Morgan fingerprint density at radius 1 is 0.852 bits per heavy atom. The average molecular weight is 367 g/mol. The van der Waals surface area contributed by atoms with Crippen molar-refractivity contribution in [3.8, 4) is 0 Å². The quantitative estimate of drug-likeness (QED) is 0.378. The highest BCUT2D eigenvalue weighted by atomic mass is 14.7. The lowest BCUT2D eigenvalue weighted by molar-refractivity contribution is -0.0768. The van der Waals surface area contributed by atoms with Gasteiger partial charge < -0.3 is 0 Å². The lowest BCUT2D eigenvalue weighted by Crippen LogP contribution is -2.52. The summed E-state index contributed by atoms with van der Waals surface area (Å²) in [5, 5.41) is 0. The monoisotopic (exact) mass is 366 g/mol. The fourth-order valence-corrected chi connectivity index (χ4v) is 8.65. The summed E-state index contributed by atoms with van der Waals surface area (Å²) in [6, 6.07) is 0. The molecule has 5 unspecified atom stereocenters. The van der Waals surface area contributed by atoms with Crippen LogP contribution in [-0.2, 0) is 0 Å². The van der Waals surface area contributed by atoms with Gasteiger partial charge in [-0.05, 0) is 105 Å². The van der Waals surface area contributed by atoms with Gasteiger partial charge in [-0.25, -0.2) is 0 Å². The van der Waals surface area contributed by atoms with Crippen molar-refractivity contribution in [1.29, 1.82) is 0 Å². The Morgan fingerprint density at radius 2 is 1.59 bits per heavy atom. The molecule has 0 radical (unpaired) electrons. The summed E-state index contributed by atoms with van der Waals surface area (Å²) in [5.74, 6) is 2.92. The summed E-state index contributed by atoms with van der Waals surface area (Å²) in [4.78, 5) is 0. The van der Waals surface area contributed by atoms with Crippen molar-refractivity contribution >= 4 is 0 Å². The first-order chi connectivity index (χ1) is 12.9. The molecule has 0 saturated heterocycles. The average Bonchev–Trinajstić information content (AvgIpc) is 3.18. The van der Waals surface area contributed by atoms with Crippen LogP contribution in [0.15, 0.2) is 36.0 Å². The van der Waals surface area contributed by atoms with Crippen molar-refractivity contribution in [1.82, 2.24) is 0 Å². The van der Waals surface area contributed by atoms with Gasteiger partial charge in [-0.3, -0.25) is 0 Å². The summed E-state index contributed by atoms with van der Waals surface area (Å²) in [6.45, 7) is 18.0. The van der Waals surface area contributed by atoms with Gasteiger partial charge in [0.2, 0.25) is 0 Å². The normalized spacial score (nSPS) is 48.3. The fraction of sp³-hybridized carbons (Fsp3) is 0.778. The van der Waals surface area contributed by atoms with Crippen LogP contribution in [0.5, 0.6) is 0 Å². The van der Waals surface area contributed by atoms with Gasteiger partial charge in [0.05, 0.1) is 0 Å². The van der Waals surface area contributed by atoms with Gasteiger partial charge in [0.25, 0.3) is 0 Å². The molecule has 0 aromatic rings. The van der Waals surface area contributed by atoms with Gasteiger partial charge in [0, 0.05) is 0 Å². The summed E-state index contributed by atoms with van der Waals surface area (Å²) in [6.07, 6.45) is 18.0.